The third kappa shape index (κ3) is 2.23. The molecule has 21 heavy (non-hydrogen) atoms. The van der Waals surface area contributed by atoms with Gasteiger partial charge in [0, 0.05) is 23.4 Å². The van der Waals surface area contributed by atoms with E-state index in [1.807, 2.05) is 24.3 Å². The van der Waals surface area contributed by atoms with Crippen molar-refractivity contribution >= 4 is 17.2 Å². The van der Waals surface area contributed by atoms with Gasteiger partial charge in [-0.1, -0.05) is 18.2 Å². The topological polar surface area (TPSA) is 62.3 Å². The lowest BCUT2D eigenvalue weighted by Gasteiger charge is -2.27. The third-order valence-corrected chi connectivity index (χ3v) is 3.96. The highest BCUT2D eigenvalue weighted by atomic mass is 16.5. The van der Waals surface area contributed by atoms with Gasteiger partial charge < -0.3 is 15.4 Å². The molecule has 108 valence electrons. The molecule has 3 rings (SSSR count). The van der Waals surface area contributed by atoms with Crippen molar-refractivity contribution in [1.82, 2.24) is 0 Å². The van der Waals surface area contributed by atoms with E-state index in [4.69, 9.17) is 15.9 Å². The number of anilines is 2. The van der Waals surface area contributed by atoms with E-state index in [2.05, 4.69) is 30.0 Å². The van der Waals surface area contributed by atoms with E-state index >= 15 is 0 Å². The summed E-state index contributed by atoms with van der Waals surface area (Å²) in [7, 11) is 1.65. The van der Waals surface area contributed by atoms with E-state index in [1.54, 1.807) is 7.11 Å². The second kappa shape index (κ2) is 5.13. The predicted molar refractivity (Wildman–Crippen MR) is 85.8 cm³/mol. The molecule has 0 aromatic heterocycles. The van der Waals surface area contributed by atoms with Crippen LogP contribution in [0.4, 0.5) is 11.4 Å². The maximum absolute atomic E-state index is 7.83. The van der Waals surface area contributed by atoms with Crippen molar-refractivity contribution in [3.8, 4) is 5.75 Å². The van der Waals surface area contributed by atoms with Gasteiger partial charge in [0.2, 0.25) is 0 Å². The zero-order valence-corrected chi connectivity index (χ0v) is 12.3. The zero-order valence-electron chi connectivity index (χ0n) is 12.3. The first kappa shape index (κ1) is 13.5. The summed E-state index contributed by atoms with van der Waals surface area (Å²) in [4.78, 5) is 2.24. The molecule has 0 spiro atoms. The van der Waals surface area contributed by atoms with E-state index < -0.39 is 0 Å². The maximum Gasteiger partial charge on any atom is 0.124 e. The number of fused-ring (bicyclic) bond motifs is 1. The summed E-state index contributed by atoms with van der Waals surface area (Å²) in [6, 6.07) is 14.3. The van der Waals surface area contributed by atoms with Crippen molar-refractivity contribution in [2.45, 2.75) is 19.4 Å². The lowest BCUT2D eigenvalue weighted by Crippen LogP contribution is -2.27. The Morgan fingerprint density at radius 1 is 1.24 bits per heavy atom. The quantitative estimate of drug-likeness (QED) is 0.671. The van der Waals surface area contributed by atoms with E-state index in [1.165, 1.54) is 11.3 Å². The number of para-hydroxylation sites is 1. The first-order valence-corrected chi connectivity index (χ1v) is 7.01. The van der Waals surface area contributed by atoms with Crippen molar-refractivity contribution in [2.24, 2.45) is 5.73 Å². The van der Waals surface area contributed by atoms with Crippen LogP contribution in [0.3, 0.4) is 0 Å². The minimum Gasteiger partial charge on any atom is -0.497 e. The molecule has 2 aromatic carbocycles. The van der Waals surface area contributed by atoms with Crippen LogP contribution in [-0.4, -0.2) is 19.0 Å². The van der Waals surface area contributed by atoms with Crippen LogP contribution in [0.5, 0.6) is 5.75 Å². The Kier molecular flexibility index (Phi) is 3.29. The highest BCUT2D eigenvalue weighted by Crippen LogP contribution is 2.40. The van der Waals surface area contributed by atoms with Crippen LogP contribution < -0.4 is 15.4 Å². The molecule has 1 unspecified atom stereocenters. The molecule has 0 aliphatic carbocycles. The third-order valence-electron chi connectivity index (χ3n) is 3.96. The summed E-state index contributed by atoms with van der Waals surface area (Å²) in [5, 5.41) is 7.83. The largest absolute Gasteiger partial charge is 0.497 e. The van der Waals surface area contributed by atoms with Crippen LogP contribution >= 0.6 is 0 Å². The minimum atomic E-state index is 0.0734. The Hall–Kier alpha value is -2.49. The fourth-order valence-corrected chi connectivity index (χ4v) is 3.00. The fraction of sp³-hybridized carbons (Fsp3) is 0.235. The Labute approximate surface area is 124 Å². The van der Waals surface area contributed by atoms with Crippen LogP contribution in [0, 0.1) is 5.41 Å². The van der Waals surface area contributed by atoms with E-state index in [-0.39, 0.29) is 5.84 Å². The van der Waals surface area contributed by atoms with E-state index in [9.17, 15) is 0 Å². The molecule has 1 atom stereocenters. The van der Waals surface area contributed by atoms with Gasteiger partial charge in [0.1, 0.15) is 11.6 Å². The molecular formula is C17H19N3O. The van der Waals surface area contributed by atoms with Crippen LogP contribution in [0.25, 0.3) is 0 Å². The Morgan fingerprint density at radius 2 is 2.00 bits per heavy atom. The predicted octanol–water partition coefficient (Wildman–Crippen LogP) is 3.06. The van der Waals surface area contributed by atoms with Crippen molar-refractivity contribution in [3.63, 3.8) is 0 Å². The number of hydrogen-bond acceptors (Lipinski definition) is 3. The standard InChI is InChI=1S/C17H19N3O/c1-11-9-12-5-3-4-6-15(12)20(11)16-10-13(21-2)7-8-14(16)17(18)19/h3-8,10-11H,9H2,1-2H3,(H3,18,19). The molecule has 1 heterocycles. The van der Waals surface area contributed by atoms with Gasteiger partial charge in [-0.25, -0.2) is 0 Å². The number of amidine groups is 1. The number of nitrogens with one attached hydrogen (secondary N) is 1. The van der Waals surface area contributed by atoms with Gasteiger partial charge in [0.25, 0.3) is 0 Å². The van der Waals surface area contributed by atoms with Crippen molar-refractivity contribution in [1.29, 1.82) is 5.41 Å². The Morgan fingerprint density at radius 3 is 2.71 bits per heavy atom. The van der Waals surface area contributed by atoms with E-state index in [0.717, 1.165) is 23.4 Å². The summed E-state index contributed by atoms with van der Waals surface area (Å²) in [6.45, 7) is 2.18. The first-order valence-electron chi connectivity index (χ1n) is 7.01. The number of nitrogens with zero attached hydrogens (tertiary/aromatic N) is 1. The monoisotopic (exact) mass is 281 g/mol. The number of ether oxygens (including phenoxy) is 1. The number of methoxy groups -OCH3 is 1. The summed E-state index contributed by atoms with van der Waals surface area (Å²) < 4.78 is 5.33. The van der Waals surface area contributed by atoms with Crippen LogP contribution in [0.15, 0.2) is 42.5 Å². The summed E-state index contributed by atoms with van der Waals surface area (Å²) >= 11 is 0. The summed E-state index contributed by atoms with van der Waals surface area (Å²) in [5.74, 6) is 0.843. The molecule has 1 aliphatic heterocycles. The molecule has 0 amide bonds. The average molecular weight is 281 g/mol. The van der Waals surface area contributed by atoms with Gasteiger partial charge in [-0.15, -0.1) is 0 Å². The highest BCUT2D eigenvalue weighted by Gasteiger charge is 2.29. The molecule has 0 saturated carbocycles. The lowest BCUT2D eigenvalue weighted by molar-refractivity contribution is 0.415. The summed E-state index contributed by atoms with van der Waals surface area (Å²) in [5.41, 5.74) is 9.92. The van der Waals surface area contributed by atoms with Gasteiger partial charge in [-0.3, -0.25) is 5.41 Å². The number of nitrogen functional groups attached to an aromatic ring is 1. The van der Waals surface area contributed by atoms with Gasteiger partial charge in [0.15, 0.2) is 0 Å². The second-order valence-corrected chi connectivity index (χ2v) is 5.35. The number of nitrogens with two attached hydrogens (primary N) is 1. The fourth-order valence-electron chi connectivity index (χ4n) is 3.00. The Balaban J connectivity index is 2.17. The maximum atomic E-state index is 7.83. The van der Waals surface area contributed by atoms with Gasteiger partial charge >= 0.3 is 0 Å². The van der Waals surface area contributed by atoms with Crippen molar-refractivity contribution < 1.29 is 4.74 Å². The molecule has 0 radical (unpaired) electrons. The molecule has 2 aromatic rings. The van der Waals surface area contributed by atoms with Crippen molar-refractivity contribution in [2.75, 3.05) is 12.0 Å². The molecular weight excluding hydrogens is 262 g/mol. The van der Waals surface area contributed by atoms with E-state index in [0.29, 0.717) is 6.04 Å². The van der Waals surface area contributed by atoms with Gasteiger partial charge in [0.05, 0.1) is 12.8 Å². The second-order valence-electron chi connectivity index (χ2n) is 5.35. The van der Waals surface area contributed by atoms with Crippen LogP contribution in [0.2, 0.25) is 0 Å². The SMILES string of the molecule is COc1ccc(C(=N)N)c(N2c3ccccc3CC2C)c1. The van der Waals surface area contributed by atoms with Crippen LogP contribution in [-0.2, 0) is 6.42 Å². The van der Waals surface area contributed by atoms with Gasteiger partial charge in [-0.2, -0.15) is 0 Å². The molecule has 4 heteroatoms. The normalized spacial score (nSPS) is 16.7. The molecule has 3 N–H and O–H groups in total. The highest BCUT2D eigenvalue weighted by molar-refractivity contribution is 6.02. The molecule has 1 aliphatic rings. The molecule has 4 nitrogen and oxygen atoms in total. The number of rotatable bonds is 3. The smallest absolute Gasteiger partial charge is 0.124 e. The molecule has 0 fully saturated rings. The zero-order chi connectivity index (χ0) is 15.0. The number of benzene rings is 2. The van der Waals surface area contributed by atoms with Crippen LogP contribution in [0.1, 0.15) is 18.1 Å². The average Bonchev–Trinajstić information content (AvgIpc) is 2.82. The van der Waals surface area contributed by atoms with Crippen molar-refractivity contribution in [3.05, 3.63) is 53.6 Å². The molecule has 0 saturated heterocycles. The molecule has 0 bridgehead atoms. The Bertz CT molecular complexity index is 696. The minimum absolute atomic E-state index is 0.0734. The summed E-state index contributed by atoms with van der Waals surface area (Å²) in [6.07, 6.45) is 0.991. The number of hydrogen-bond donors (Lipinski definition) is 2. The van der Waals surface area contributed by atoms with Gasteiger partial charge in [-0.05, 0) is 37.1 Å². The lowest BCUT2D eigenvalue weighted by atomic mass is 10.1. The first-order chi connectivity index (χ1) is 10.1.